The van der Waals surface area contributed by atoms with Crippen molar-refractivity contribution in [3.63, 3.8) is 0 Å². The summed E-state index contributed by atoms with van der Waals surface area (Å²) >= 11 is 0. The lowest BCUT2D eigenvalue weighted by molar-refractivity contribution is 0.0690. The van der Waals surface area contributed by atoms with Gasteiger partial charge in [0.2, 0.25) is 0 Å². The Morgan fingerprint density at radius 2 is 1.95 bits per heavy atom. The highest BCUT2D eigenvalue weighted by atomic mass is 16.5. The maximum Gasteiger partial charge on any atom is 0.352 e. The summed E-state index contributed by atoms with van der Waals surface area (Å²) in [6.07, 6.45) is 0. The molecule has 0 bridgehead atoms. The summed E-state index contributed by atoms with van der Waals surface area (Å²) in [6.45, 7) is 7.34. The molecule has 19 heavy (non-hydrogen) atoms. The van der Waals surface area contributed by atoms with Crippen molar-refractivity contribution in [2.24, 2.45) is 0 Å². The van der Waals surface area contributed by atoms with Gasteiger partial charge in [0, 0.05) is 12.8 Å². The molecule has 3 N–H and O–H groups in total. The van der Waals surface area contributed by atoms with Crippen molar-refractivity contribution in [2.45, 2.75) is 33.2 Å². The van der Waals surface area contributed by atoms with Crippen molar-refractivity contribution in [2.75, 3.05) is 13.7 Å². The van der Waals surface area contributed by atoms with Gasteiger partial charge in [0.25, 0.3) is 5.91 Å². The van der Waals surface area contributed by atoms with Gasteiger partial charge >= 0.3 is 5.97 Å². The predicted octanol–water partition coefficient (Wildman–Crippen LogP) is 1.48. The lowest BCUT2D eigenvalue weighted by atomic mass is 10.0. The number of ether oxygens (including phenoxy) is 1. The van der Waals surface area contributed by atoms with Crippen LogP contribution in [0.25, 0.3) is 0 Å². The first kappa shape index (κ1) is 15.2. The zero-order valence-corrected chi connectivity index (χ0v) is 11.9. The highest BCUT2D eigenvalue weighted by molar-refractivity contribution is 6.01. The Labute approximate surface area is 112 Å². The Morgan fingerprint density at radius 1 is 1.37 bits per heavy atom. The predicted molar refractivity (Wildman–Crippen MR) is 70.6 cm³/mol. The number of methoxy groups -OCH3 is 1. The summed E-state index contributed by atoms with van der Waals surface area (Å²) < 4.78 is 5.03. The summed E-state index contributed by atoms with van der Waals surface area (Å²) in [5.74, 6) is -1.38. The van der Waals surface area contributed by atoms with E-state index in [1.807, 2.05) is 13.8 Å². The molecule has 0 aliphatic carbocycles. The highest BCUT2D eigenvalue weighted by Crippen LogP contribution is 2.19. The van der Waals surface area contributed by atoms with Crippen LogP contribution in [-0.4, -0.2) is 41.2 Å². The number of rotatable bonds is 5. The van der Waals surface area contributed by atoms with E-state index in [2.05, 4.69) is 10.3 Å². The molecule has 0 fully saturated rings. The van der Waals surface area contributed by atoms with E-state index in [1.54, 1.807) is 21.0 Å². The average Bonchev–Trinajstić information content (AvgIpc) is 2.53. The molecule has 1 rings (SSSR count). The Hall–Kier alpha value is -1.82. The van der Waals surface area contributed by atoms with Gasteiger partial charge in [-0.3, -0.25) is 4.79 Å². The molecule has 1 aromatic heterocycles. The van der Waals surface area contributed by atoms with E-state index < -0.39 is 11.5 Å². The number of aromatic amines is 1. The van der Waals surface area contributed by atoms with Crippen LogP contribution in [0.4, 0.5) is 0 Å². The van der Waals surface area contributed by atoms with Gasteiger partial charge in [-0.1, -0.05) is 0 Å². The molecule has 0 saturated heterocycles. The minimum Gasteiger partial charge on any atom is -0.477 e. The van der Waals surface area contributed by atoms with Crippen LogP contribution in [0.5, 0.6) is 0 Å². The van der Waals surface area contributed by atoms with Crippen LogP contribution < -0.4 is 5.32 Å². The molecule has 0 radical (unpaired) electrons. The van der Waals surface area contributed by atoms with E-state index in [1.165, 1.54) is 0 Å². The van der Waals surface area contributed by atoms with Gasteiger partial charge < -0.3 is 20.1 Å². The number of carboxylic acid groups (broad SMARTS) is 1. The molecule has 0 aliphatic rings. The second-order valence-electron chi connectivity index (χ2n) is 5.20. The van der Waals surface area contributed by atoms with Crippen molar-refractivity contribution in [3.8, 4) is 0 Å². The molecule has 0 saturated carbocycles. The summed E-state index contributed by atoms with van der Waals surface area (Å²) in [5.41, 5.74) is 0.885. The van der Waals surface area contributed by atoms with Crippen LogP contribution in [0.1, 0.15) is 46.0 Å². The van der Waals surface area contributed by atoms with Crippen LogP contribution in [0.2, 0.25) is 0 Å². The Balaban J connectivity index is 3.04. The van der Waals surface area contributed by atoms with Gasteiger partial charge in [-0.05, 0) is 33.3 Å². The number of carbonyl (C=O) groups is 2. The summed E-state index contributed by atoms with van der Waals surface area (Å²) in [7, 11) is 1.56. The second-order valence-corrected chi connectivity index (χ2v) is 5.20. The van der Waals surface area contributed by atoms with Crippen molar-refractivity contribution < 1.29 is 19.4 Å². The van der Waals surface area contributed by atoms with Crippen molar-refractivity contribution in [1.82, 2.24) is 10.3 Å². The van der Waals surface area contributed by atoms with E-state index in [0.717, 1.165) is 0 Å². The molecule has 106 valence electrons. The first-order valence-corrected chi connectivity index (χ1v) is 5.93. The van der Waals surface area contributed by atoms with E-state index >= 15 is 0 Å². The van der Waals surface area contributed by atoms with E-state index in [0.29, 0.717) is 23.4 Å². The molecule has 0 atom stereocenters. The van der Waals surface area contributed by atoms with Gasteiger partial charge in [-0.15, -0.1) is 0 Å². The third kappa shape index (κ3) is 3.35. The number of hydrogen-bond acceptors (Lipinski definition) is 3. The Kier molecular flexibility index (Phi) is 4.36. The minimum absolute atomic E-state index is 0.0483. The van der Waals surface area contributed by atoms with E-state index in [9.17, 15) is 9.59 Å². The number of nitrogens with one attached hydrogen (secondary N) is 2. The molecular weight excluding hydrogens is 248 g/mol. The molecule has 1 heterocycles. The number of carbonyl (C=O) groups excluding carboxylic acids is 1. The molecule has 1 amide bonds. The van der Waals surface area contributed by atoms with Crippen molar-refractivity contribution >= 4 is 11.9 Å². The first-order valence-electron chi connectivity index (χ1n) is 5.93. The fourth-order valence-corrected chi connectivity index (χ4v) is 2.07. The average molecular weight is 268 g/mol. The summed E-state index contributed by atoms with van der Waals surface area (Å²) in [5, 5.41) is 11.8. The SMILES string of the molecule is COCC(C)(C)NC(=O)c1c(C)[nH]c(C(=O)O)c1C. The van der Waals surface area contributed by atoms with E-state index in [4.69, 9.17) is 9.84 Å². The van der Waals surface area contributed by atoms with Crippen LogP contribution >= 0.6 is 0 Å². The smallest absolute Gasteiger partial charge is 0.352 e. The number of carboxylic acids is 1. The quantitative estimate of drug-likeness (QED) is 0.754. The number of aromatic nitrogens is 1. The molecule has 0 aliphatic heterocycles. The monoisotopic (exact) mass is 268 g/mol. The van der Waals surface area contributed by atoms with Crippen LogP contribution in [-0.2, 0) is 4.74 Å². The lowest BCUT2D eigenvalue weighted by Crippen LogP contribution is -2.47. The molecule has 1 aromatic rings. The van der Waals surface area contributed by atoms with Crippen LogP contribution in [0.3, 0.4) is 0 Å². The lowest BCUT2D eigenvalue weighted by Gasteiger charge is -2.25. The first-order chi connectivity index (χ1) is 8.69. The summed E-state index contributed by atoms with van der Waals surface area (Å²) in [6, 6.07) is 0. The van der Waals surface area contributed by atoms with Gasteiger partial charge in [0.05, 0.1) is 17.7 Å². The Bertz CT molecular complexity index is 503. The van der Waals surface area contributed by atoms with Crippen LogP contribution in [0, 0.1) is 13.8 Å². The number of aryl methyl sites for hydroxylation is 1. The molecule has 0 unspecified atom stereocenters. The third-order valence-electron chi connectivity index (χ3n) is 2.84. The topological polar surface area (TPSA) is 91.4 Å². The second kappa shape index (κ2) is 5.44. The van der Waals surface area contributed by atoms with Crippen molar-refractivity contribution in [3.05, 3.63) is 22.5 Å². The molecule has 0 aromatic carbocycles. The molecule has 6 heteroatoms. The number of aromatic carboxylic acids is 1. The van der Waals surface area contributed by atoms with Gasteiger partial charge in [0.15, 0.2) is 0 Å². The molecule has 0 spiro atoms. The fraction of sp³-hybridized carbons (Fsp3) is 0.538. The standard InChI is InChI=1S/C13H20N2O4/c1-7-9(8(2)14-10(7)12(17)18)11(16)15-13(3,4)6-19-5/h14H,6H2,1-5H3,(H,15,16)(H,17,18). The Morgan fingerprint density at radius 3 is 2.37 bits per heavy atom. The number of hydrogen-bond donors (Lipinski definition) is 3. The zero-order chi connectivity index (χ0) is 14.8. The summed E-state index contributed by atoms with van der Waals surface area (Å²) in [4.78, 5) is 26.0. The fourth-order valence-electron chi connectivity index (χ4n) is 2.07. The van der Waals surface area contributed by atoms with Crippen LogP contribution in [0.15, 0.2) is 0 Å². The largest absolute Gasteiger partial charge is 0.477 e. The maximum atomic E-state index is 12.2. The number of H-pyrrole nitrogens is 1. The highest BCUT2D eigenvalue weighted by Gasteiger charge is 2.26. The van der Waals surface area contributed by atoms with Crippen molar-refractivity contribution in [1.29, 1.82) is 0 Å². The van der Waals surface area contributed by atoms with Gasteiger partial charge in [-0.2, -0.15) is 0 Å². The van der Waals surface area contributed by atoms with Gasteiger partial charge in [0.1, 0.15) is 5.69 Å². The minimum atomic E-state index is -1.07. The zero-order valence-electron chi connectivity index (χ0n) is 11.9. The normalized spacial score (nSPS) is 11.4. The van der Waals surface area contributed by atoms with E-state index in [-0.39, 0.29) is 11.6 Å². The third-order valence-corrected chi connectivity index (χ3v) is 2.84. The van der Waals surface area contributed by atoms with Gasteiger partial charge in [-0.25, -0.2) is 4.79 Å². The molecule has 6 nitrogen and oxygen atoms in total. The number of amides is 1. The molecular formula is C13H20N2O4. The maximum absolute atomic E-state index is 12.2.